The zero-order valence-corrected chi connectivity index (χ0v) is 23.8. The van der Waals surface area contributed by atoms with Gasteiger partial charge in [-0.15, -0.1) is 0 Å². The fourth-order valence-corrected chi connectivity index (χ4v) is 6.22. The molecule has 10 nitrogen and oxygen atoms in total. The van der Waals surface area contributed by atoms with Gasteiger partial charge in [-0.3, -0.25) is 8.86 Å². The van der Waals surface area contributed by atoms with E-state index in [4.69, 9.17) is 18.9 Å². The molecule has 2 aliphatic heterocycles. The van der Waals surface area contributed by atoms with Crippen molar-refractivity contribution in [2.45, 2.75) is 64.4 Å². The van der Waals surface area contributed by atoms with Crippen molar-refractivity contribution in [3.63, 3.8) is 0 Å². The lowest BCUT2D eigenvalue weighted by atomic mass is 9.77. The summed E-state index contributed by atoms with van der Waals surface area (Å²) in [5, 5.41) is 9.33. The van der Waals surface area contributed by atoms with Crippen LogP contribution < -0.4 is 4.90 Å². The first-order chi connectivity index (χ1) is 18.5. The standard InChI is InChI=1S/C27H34FN7O3S/c1-17-12-27(16-37-17)8-10-34(11-9-27)24-20(15-38-39(36)26(2,3)4)32-25-19(31-24)14-30-35(25)21-7-6-18-13-29-33(5)23(18)22(21)28/h6-7,13-14,17H,8-12,15-16H2,1-5H3/t17-,39?/m0/s1. The molecule has 0 N–H and O–H groups in total. The normalized spacial score (nSPS) is 20.5. The molecule has 39 heavy (non-hydrogen) atoms. The van der Waals surface area contributed by atoms with E-state index in [9.17, 15) is 4.21 Å². The fraction of sp³-hybridized carbons (Fsp3) is 0.556. The van der Waals surface area contributed by atoms with Crippen molar-refractivity contribution in [1.82, 2.24) is 29.5 Å². The molecule has 1 aromatic carbocycles. The van der Waals surface area contributed by atoms with Gasteiger partial charge in [0.05, 0.1) is 29.9 Å². The molecule has 6 rings (SSSR count). The van der Waals surface area contributed by atoms with Crippen molar-refractivity contribution >= 4 is 39.0 Å². The van der Waals surface area contributed by atoms with Gasteiger partial charge < -0.3 is 9.64 Å². The first kappa shape index (κ1) is 26.3. The number of benzene rings is 1. The molecular weight excluding hydrogens is 521 g/mol. The number of aryl methyl sites for hydroxylation is 1. The number of piperidine rings is 1. The van der Waals surface area contributed by atoms with Gasteiger partial charge in [0.2, 0.25) is 0 Å². The van der Waals surface area contributed by atoms with Crippen molar-refractivity contribution in [3.8, 4) is 5.69 Å². The summed E-state index contributed by atoms with van der Waals surface area (Å²) in [6.07, 6.45) is 6.60. The number of hydrogen-bond donors (Lipinski definition) is 0. The quantitative estimate of drug-likeness (QED) is 0.361. The minimum Gasteiger partial charge on any atom is -0.378 e. The highest BCUT2D eigenvalue weighted by molar-refractivity contribution is 7.81. The topological polar surface area (TPSA) is 100 Å². The Kier molecular flexibility index (Phi) is 6.47. The lowest BCUT2D eigenvalue weighted by molar-refractivity contribution is 0.0975. The molecule has 0 aliphatic carbocycles. The number of aromatic nitrogens is 6. The van der Waals surface area contributed by atoms with Crippen molar-refractivity contribution in [2.24, 2.45) is 12.5 Å². The number of rotatable bonds is 5. The average Bonchev–Trinajstić information content (AvgIpc) is 3.59. The van der Waals surface area contributed by atoms with Gasteiger partial charge >= 0.3 is 0 Å². The van der Waals surface area contributed by atoms with Crippen LogP contribution in [-0.4, -0.2) is 64.3 Å². The summed E-state index contributed by atoms with van der Waals surface area (Å²) in [5.41, 5.74) is 2.36. The number of nitrogens with zero attached hydrogens (tertiary/aromatic N) is 7. The third-order valence-corrected chi connectivity index (χ3v) is 9.15. The van der Waals surface area contributed by atoms with E-state index in [1.165, 1.54) is 9.36 Å². The Bertz CT molecular complexity index is 1570. The van der Waals surface area contributed by atoms with E-state index in [0.717, 1.165) is 39.0 Å². The van der Waals surface area contributed by atoms with Crippen molar-refractivity contribution in [1.29, 1.82) is 0 Å². The third-order valence-electron chi connectivity index (χ3n) is 7.82. The molecular formula is C27H34FN7O3S. The van der Waals surface area contributed by atoms with Crippen molar-refractivity contribution in [3.05, 3.63) is 36.0 Å². The molecule has 0 saturated carbocycles. The summed E-state index contributed by atoms with van der Waals surface area (Å²) in [4.78, 5) is 12.1. The Hall–Kier alpha value is -2.96. The zero-order valence-electron chi connectivity index (χ0n) is 23.0. The summed E-state index contributed by atoms with van der Waals surface area (Å²) in [6.45, 7) is 10.2. The summed E-state index contributed by atoms with van der Waals surface area (Å²) in [6, 6.07) is 3.48. The van der Waals surface area contributed by atoms with Crippen LogP contribution in [0.25, 0.3) is 27.8 Å². The molecule has 4 aromatic rings. The maximum atomic E-state index is 15.6. The van der Waals surface area contributed by atoms with E-state index in [2.05, 4.69) is 22.0 Å². The molecule has 1 unspecified atom stereocenters. The molecule has 0 amide bonds. The SMILES string of the molecule is C[C@H]1CC2(CCN(c3nc4cnn(-c5ccc6cnn(C)c6c5F)c4nc3COS(=O)C(C)(C)C)CC2)CO1. The Morgan fingerprint density at radius 1 is 1.18 bits per heavy atom. The molecule has 3 aromatic heterocycles. The predicted molar refractivity (Wildman–Crippen MR) is 147 cm³/mol. The monoisotopic (exact) mass is 555 g/mol. The van der Waals surface area contributed by atoms with Crippen LogP contribution in [0.5, 0.6) is 0 Å². The number of anilines is 1. The summed E-state index contributed by atoms with van der Waals surface area (Å²) >= 11 is -1.54. The van der Waals surface area contributed by atoms with Crippen LogP contribution in [0.15, 0.2) is 24.5 Å². The second-order valence-electron chi connectivity index (χ2n) is 11.8. The second kappa shape index (κ2) is 9.60. The molecule has 1 spiro atoms. The number of fused-ring (bicyclic) bond motifs is 2. The fourth-order valence-electron chi connectivity index (χ4n) is 5.65. The average molecular weight is 556 g/mol. The van der Waals surface area contributed by atoms with Crippen LogP contribution >= 0.6 is 0 Å². The van der Waals surface area contributed by atoms with Gasteiger partial charge in [0.1, 0.15) is 29.0 Å². The van der Waals surface area contributed by atoms with Gasteiger partial charge in [-0.05, 0) is 64.5 Å². The van der Waals surface area contributed by atoms with Crippen LogP contribution in [0.3, 0.4) is 0 Å². The van der Waals surface area contributed by atoms with Gasteiger partial charge in [-0.25, -0.2) is 23.2 Å². The third kappa shape index (κ3) is 4.72. The molecule has 0 radical (unpaired) electrons. The smallest absolute Gasteiger partial charge is 0.182 e. The van der Waals surface area contributed by atoms with Crippen LogP contribution in [0.1, 0.15) is 52.7 Å². The largest absolute Gasteiger partial charge is 0.378 e. The van der Waals surface area contributed by atoms with E-state index >= 15 is 4.39 Å². The molecule has 5 heterocycles. The lowest BCUT2D eigenvalue weighted by Crippen LogP contribution is -2.41. The molecule has 12 heteroatoms. The van der Waals surface area contributed by atoms with Gasteiger partial charge in [-0.2, -0.15) is 10.2 Å². The van der Waals surface area contributed by atoms with Gasteiger partial charge in [0.15, 0.2) is 28.4 Å². The molecule has 2 saturated heterocycles. The maximum Gasteiger partial charge on any atom is 0.182 e. The molecule has 2 atom stereocenters. The van der Waals surface area contributed by atoms with Crippen LogP contribution in [-0.2, 0) is 33.7 Å². The minimum absolute atomic E-state index is 0.0123. The van der Waals surface area contributed by atoms with Crippen molar-refractivity contribution in [2.75, 3.05) is 24.6 Å². The molecule has 2 fully saturated rings. The van der Waals surface area contributed by atoms with Gasteiger partial charge in [0.25, 0.3) is 0 Å². The first-order valence-corrected chi connectivity index (χ1v) is 14.4. The van der Waals surface area contributed by atoms with E-state index in [1.54, 1.807) is 25.5 Å². The summed E-state index contributed by atoms with van der Waals surface area (Å²) < 4.78 is 42.5. The zero-order chi connectivity index (χ0) is 27.5. The van der Waals surface area contributed by atoms with Crippen LogP contribution in [0.4, 0.5) is 10.2 Å². The van der Waals surface area contributed by atoms with Crippen molar-refractivity contribution < 1.29 is 17.5 Å². The Morgan fingerprint density at radius 2 is 1.95 bits per heavy atom. The second-order valence-corrected chi connectivity index (χ2v) is 13.7. The summed E-state index contributed by atoms with van der Waals surface area (Å²) in [7, 11) is 1.70. The van der Waals surface area contributed by atoms with Gasteiger partial charge in [-0.1, -0.05) is 0 Å². The van der Waals surface area contributed by atoms with E-state index in [0.29, 0.717) is 39.7 Å². The maximum absolute atomic E-state index is 15.6. The van der Waals surface area contributed by atoms with E-state index in [-0.39, 0.29) is 17.7 Å². The first-order valence-electron chi connectivity index (χ1n) is 13.3. The molecule has 0 bridgehead atoms. The van der Waals surface area contributed by atoms with Gasteiger partial charge in [0, 0.05) is 25.5 Å². The molecule has 2 aliphatic rings. The van der Waals surface area contributed by atoms with E-state index < -0.39 is 21.6 Å². The highest BCUT2D eigenvalue weighted by Crippen LogP contribution is 2.43. The summed E-state index contributed by atoms with van der Waals surface area (Å²) in [5.74, 6) is 0.252. The number of hydrogen-bond acceptors (Lipinski definition) is 8. The lowest BCUT2D eigenvalue weighted by Gasteiger charge is -2.39. The molecule has 208 valence electrons. The highest BCUT2D eigenvalue weighted by Gasteiger charge is 2.41. The highest BCUT2D eigenvalue weighted by atomic mass is 32.2. The number of halogens is 1. The Labute approximate surface area is 229 Å². The van der Waals surface area contributed by atoms with Crippen LogP contribution in [0.2, 0.25) is 0 Å². The Morgan fingerprint density at radius 3 is 2.64 bits per heavy atom. The number of ether oxygens (including phenoxy) is 1. The Balaban J connectivity index is 1.39. The predicted octanol–water partition coefficient (Wildman–Crippen LogP) is 4.22. The van der Waals surface area contributed by atoms with E-state index in [1.807, 2.05) is 26.8 Å². The minimum atomic E-state index is -1.54. The van der Waals surface area contributed by atoms with Crippen LogP contribution in [0, 0.1) is 11.2 Å².